The molecule has 6 nitrogen and oxygen atoms in total. The van der Waals surface area contributed by atoms with Crippen molar-refractivity contribution >= 4 is 40.4 Å². The standard InChI is InChI=1S/C21H13Cl2F3N4O2/c1-32-17-7-6-13(23)8-15(17)28-20(31)16-10-19-27-14(11-2-4-12(22)5-3-11)9-18(21(24,25)26)30(19)29-16/h2-10H,1H3,(H,28,31). The highest BCUT2D eigenvalue weighted by atomic mass is 35.5. The number of amides is 1. The fourth-order valence-corrected chi connectivity index (χ4v) is 3.32. The lowest BCUT2D eigenvalue weighted by atomic mass is 10.1. The third-order valence-electron chi connectivity index (χ3n) is 4.50. The molecule has 0 saturated carbocycles. The van der Waals surface area contributed by atoms with Crippen LogP contribution in [0.2, 0.25) is 10.0 Å². The number of methoxy groups -OCH3 is 1. The van der Waals surface area contributed by atoms with Crippen molar-refractivity contribution < 1.29 is 22.7 Å². The van der Waals surface area contributed by atoms with Crippen LogP contribution in [0, 0.1) is 0 Å². The number of nitrogens with one attached hydrogen (secondary N) is 1. The van der Waals surface area contributed by atoms with Gasteiger partial charge in [0.05, 0.1) is 18.5 Å². The van der Waals surface area contributed by atoms with E-state index in [2.05, 4.69) is 15.4 Å². The smallest absolute Gasteiger partial charge is 0.433 e. The number of carbonyl (C=O) groups excluding carboxylic acids is 1. The number of carbonyl (C=O) groups is 1. The van der Waals surface area contributed by atoms with Crippen LogP contribution in [0.25, 0.3) is 16.9 Å². The van der Waals surface area contributed by atoms with Gasteiger partial charge in [0.2, 0.25) is 0 Å². The first-order valence-corrected chi connectivity index (χ1v) is 9.80. The van der Waals surface area contributed by atoms with Gasteiger partial charge in [0.1, 0.15) is 5.75 Å². The van der Waals surface area contributed by atoms with Crippen LogP contribution in [-0.4, -0.2) is 27.6 Å². The van der Waals surface area contributed by atoms with Gasteiger partial charge in [-0.25, -0.2) is 9.50 Å². The molecule has 0 radical (unpaired) electrons. The molecule has 4 aromatic rings. The van der Waals surface area contributed by atoms with Crippen LogP contribution in [-0.2, 0) is 6.18 Å². The van der Waals surface area contributed by atoms with E-state index < -0.39 is 17.8 Å². The quantitative estimate of drug-likeness (QED) is 0.389. The molecule has 164 valence electrons. The summed E-state index contributed by atoms with van der Waals surface area (Å²) in [5, 5.41) is 7.15. The third kappa shape index (κ3) is 4.35. The number of aromatic nitrogens is 3. The molecule has 0 saturated heterocycles. The van der Waals surface area contributed by atoms with Gasteiger partial charge >= 0.3 is 6.18 Å². The highest BCUT2D eigenvalue weighted by molar-refractivity contribution is 6.31. The Kier molecular flexibility index (Phi) is 5.70. The van der Waals surface area contributed by atoms with E-state index in [1.807, 2.05) is 0 Å². The van der Waals surface area contributed by atoms with Gasteiger partial charge in [-0.3, -0.25) is 4.79 Å². The Hall–Kier alpha value is -3.30. The second-order valence-electron chi connectivity index (χ2n) is 6.63. The Bertz CT molecular complexity index is 1320. The average molecular weight is 481 g/mol. The molecule has 0 spiro atoms. The molecule has 0 atom stereocenters. The molecule has 32 heavy (non-hydrogen) atoms. The number of benzene rings is 2. The number of rotatable bonds is 4. The normalized spacial score (nSPS) is 11.6. The summed E-state index contributed by atoms with van der Waals surface area (Å²) >= 11 is 11.8. The van der Waals surface area contributed by atoms with Crippen molar-refractivity contribution in [3.8, 4) is 17.0 Å². The minimum absolute atomic E-state index is 0.0601. The zero-order chi connectivity index (χ0) is 23.0. The second-order valence-corrected chi connectivity index (χ2v) is 7.50. The molecule has 4 rings (SSSR count). The van der Waals surface area contributed by atoms with Crippen LogP contribution >= 0.6 is 23.2 Å². The Labute approximate surface area is 189 Å². The van der Waals surface area contributed by atoms with Crippen LogP contribution in [0.4, 0.5) is 18.9 Å². The summed E-state index contributed by atoms with van der Waals surface area (Å²) in [6.07, 6.45) is -4.74. The molecule has 1 N–H and O–H groups in total. The number of nitrogens with zero attached hydrogens (tertiary/aromatic N) is 3. The zero-order valence-electron chi connectivity index (χ0n) is 16.2. The molecule has 2 aromatic heterocycles. The number of hydrogen-bond acceptors (Lipinski definition) is 4. The minimum Gasteiger partial charge on any atom is -0.495 e. The van der Waals surface area contributed by atoms with Crippen molar-refractivity contribution in [3.63, 3.8) is 0 Å². The molecule has 0 aliphatic heterocycles. The Morgan fingerprint density at radius 1 is 1.03 bits per heavy atom. The molecule has 0 unspecified atom stereocenters. The molecule has 0 aliphatic rings. The van der Waals surface area contributed by atoms with Crippen LogP contribution in [0.15, 0.2) is 54.6 Å². The lowest BCUT2D eigenvalue weighted by Gasteiger charge is -2.11. The number of ether oxygens (including phenoxy) is 1. The van der Waals surface area contributed by atoms with Gasteiger partial charge in [0.15, 0.2) is 17.0 Å². The number of alkyl halides is 3. The number of anilines is 1. The monoisotopic (exact) mass is 480 g/mol. The van der Waals surface area contributed by atoms with Gasteiger partial charge in [0, 0.05) is 21.7 Å². The van der Waals surface area contributed by atoms with Crippen molar-refractivity contribution in [2.45, 2.75) is 6.18 Å². The van der Waals surface area contributed by atoms with E-state index in [1.165, 1.54) is 19.2 Å². The van der Waals surface area contributed by atoms with Gasteiger partial charge < -0.3 is 10.1 Å². The predicted octanol–water partition coefficient (Wildman–Crippen LogP) is 5.98. The van der Waals surface area contributed by atoms with Gasteiger partial charge in [-0.2, -0.15) is 18.3 Å². The highest BCUT2D eigenvalue weighted by Crippen LogP contribution is 2.33. The number of halogens is 5. The first-order valence-electron chi connectivity index (χ1n) is 9.04. The molecule has 1 amide bonds. The lowest BCUT2D eigenvalue weighted by molar-refractivity contribution is -0.142. The Balaban J connectivity index is 1.78. The van der Waals surface area contributed by atoms with Crippen molar-refractivity contribution in [1.82, 2.24) is 14.6 Å². The molecule has 0 fully saturated rings. The summed E-state index contributed by atoms with van der Waals surface area (Å²) in [5.74, 6) is -0.428. The number of fused-ring (bicyclic) bond motifs is 1. The van der Waals surface area contributed by atoms with E-state index in [9.17, 15) is 18.0 Å². The molecular weight excluding hydrogens is 468 g/mol. The van der Waals surface area contributed by atoms with Crippen LogP contribution in [0.5, 0.6) is 5.75 Å². The largest absolute Gasteiger partial charge is 0.495 e. The summed E-state index contributed by atoms with van der Waals surface area (Å²) in [6.45, 7) is 0. The molecule has 2 aromatic carbocycles. The van der Waals surface area contributed by atoms with Crippen molar-refractivity contribution in [2.75, 3.05) is 12.4 Å². The third-order valence-corrected chi connectivity index (χ3v) is 4.99. The highest BCUT2D eigenvalue weighted by Gasteiger charge is 2.35. The fraction of sp³-hybridized carbons (Fsp3) is 0.0952. The van der Waals surface area contributed by atoms with E-state index in [0.29, 0.717) is 25.9 Å². The van der Waals surface area contributed by atoms with E-state index in [1.54, 1.807) is 36.4 Å². The first kappa shape index (κ1) is 21.9. The first-order chi connectivity index (χ1) is 15.2. The van der Waals surface area contributed by atoms with Crippen LogP contribution in [0.3, 0.4) is 0 Å². The average Bonchev–Trinajstić information content (AvgIpc) is 3.17. The summed E-state index contributed by atoms with van der Waals surface area (Å²) in [5.41, 5.74) is -0.755. The molecular formula is C21H13Cl2F3N4O2. The summed E-state index contributed by atoms with van der Waals surface area (Å²) < 4.78 is 47.0. The lowest BCUT2D eigenvalue weighted by Crippen LogP contribution is -2.16. The maximum Gasteiger partial charge on any atom is 0.433 e. The van der Waals surface area contributed by atoms with E-state index in [-0.39, 0.29) is 22.7 Å². The Morgan fingerprint density at radius 3 is 2.38 bits per heavy atom. The molecule has 0 aliphatic carbocycles. The van der Waals surface area contributed by atoms with Crippen molar-refractivity contribution in [1.29, 1.82) is 0 Å². The topological polar surface area (TPSA) is 68.5 Å². The SMILES string of the molecule is COc1ccc(Cl)cc1NC(=O)c1cc2nc(-c3ccc(Cl)cc3)cc(C(F)(F)F)n2n1. The van der Waals surface area contributed by atoms with Crippen molar-refractivity contribution in [3.05, 3.63) is 76.0 Å². The van der Waals surface area contributed by atoms with Gasteiger partial charge in [-0.05, 0) is 36.4 Å². The second kappa shape index (κ2) is 8.33. The van der Waals surface area contributed by atoms with Gasteiger partial charge in [-0.15, -0.1) is 0 Å². The summed E-state index contributed by atoms with van der Waals surface area (Å²) in [4.78, 5) is 16.9. The van der Waals surface area contributed by atoms with E-state index in [0.717, 1.165) is 6.07 Å². The predicted molar refractivity (Wildman–Crippen MR) is 114 cm³/mol. The fourth-order valence-electron chi connectivity index (χ4n) is 3.02. The summed E-state index contributed by atoms with van der Waals surface area (Å²) in [7, 11) is 1.40. The van der Waals surface area contributed by atoms with Crippen LogP contribution < -0.4 is 10.1 Å². The van der Waals surface area contributed by atoms with Crippen LogP contribution in [0.1, 0.15) is 16.2 Å². The minimum atomic E-state index is -4.74. The molecule has 11 heteroatoms. The summed E-state index contributed by atoms with van der Waals surface area (Å²) in [6, 6.07) is 12.8. The molecule has 2 heterocycles. The maximum atomic E-state index is 13.7. The van der Waals surface area contributed by atoms with E-state index in [4.69, 9.17) is 27.9 Å². The zero-order valence-corrected chi connectivity index (χ0v) is 17.8. The maximum absolute atomic E-state index is 13.7. The molecule has 0 bridgehead atoms. The van der Waals surface area contributed by atoms with Gasteiger partial charge in [-0.1, -0.05) is 35.3 Å². The van der Waals surface area contributed by atoms with Crippen molar-refractivity contribution in [2.24, 2.45) is 0 Å². The van der Waals surface area contributed by atoms with Gasteiger partial charge in [0.25, 0.3) is 5.91 Å². The van der Waals surface area contributed by atoms with E-state index >= 15 is 0 Å². The Morgan fingerprint density at radius 2 is 1.72 bits per heavy atom. The number of hydrogen-bond donors (Lipinski definition) is 1.